The predicted molar refractivity (Wildman–Crippen MR) is 89.1 cm³/mol. The van der Waals surface area contributed by atoms with Crippen LogP contribution in [0.25, 0.3) is 0 Å². The fourth-order valence-electron chi connectivity index (χ4n) is 2.63. The van der Waals surface area contributed by atoms with Gasteiger partial charge in [0.1, 0.15) is 0 Å². The normalized spacial score (nSPS) is 16.3. The molecule has 1 atom stereocenters. The Bertz CT molecular complexity index is 483. The van der Waals surface area contributed by atoms with Crippen molar-refractivity contribution in [1.82, 2.24) is 10.2 Å². The summed E-state index contributed by atoms with van der Waals surface area (Å²) < 4.78 is 26.7. The Morgan fingerprint density at radius 1 is 1.27 bits per heavy atom. The lowest BCUT2D eigenvalue weighted by molar-refractivity contribution is 0.162. The Morgan fingerprint density at radius 3 is 2.50 bits per heavy atom. The summed E-state index contributed by atoms with van der Waals surface area (Å²) in [6.07, 6.45) is 3.28. The maximum atomic E-state index is 13.6. The number of allylic oxidation sites excluding steroid dienone is 1. The molecule has 22 heavy (non-hydrogen) atoms. The topological polar surface area (TPSA) is 35.5 Å². The van der Waals surface area contributed by atoms with E-state index in [0.717, 1.165) is 45.1 Å². The molecule has 2 N–H and O–H groups in total. The van der Waals surface area contributed by atoms with Gasteiger partial charge in [-0.15, -0.1) is 31.4 Å². The van der Waals surface area contributed by atoms with Crippen LogP contribution in [-0.4, -0.2) is 36.2 Å². The maximum absolute atomic E-state index is 13.6. The Hall–Kier alpha value is -0.880. The fourth-order valence-corrected chi connectivity index (χ4v) is 2.63. The molecular weight excluding hydrogens is 333 g/mol. The van der Waals surface area contributed by atoms with Gasteiger partial charge in [-0.05, 0) is 18.9 Å². The molecule has 0 radical (unpaired) electrons. The van der Waals surface area contributed by atoms with E-state index in [1.807, 2.05) is 0 Å². The van der Waals surface area contributed by atoms with Crippen LogP contribution in [0.1, 0.15) is 24.4 Å². The van der Waals surface area contributed by atoms with Crippen molar-refractivity contribution in [3.05, 3.63) is 42.0 Å². The van der Waals surface area contributed by atoms with Crippen LogP contribution in [0, 0.1) is 11.6 Å². The van der Waals surface area contributed by atoms with Gasteiger partial charge in [0.2, 0.25) is 5.82 Å². The van der Waals surface area contributed by atoms with Crippen molar-refractivity contribution in [3.63, 3.8) is 0 Å². The van der Waals surface area contributed by atoms with Crippen molar-refractivity contribution in [3.8, 4) is 5.75 Å². The monoisotopic (exact) mass is 354 g/mol. The third kappa shape index (κ3) is 4.81. The standard InChI is InChI=1S/C15H20F2N2O.2ClH/c1-2-3-4-13(19-9-7-18-8-10-19)11-5-6-12(16)14(17)15(11)20;;/h2,5-6,13,18,20H,1,3-4,7-10H2;2*1H/t13-;;/m0../s1. The van der Waals surface area contributed by atoms with E-state index in [9.17, 15) is 13.9 Å². The highest BCUT2D eigenvalue weighted by molar-refractivity contribution is 5.85. The van der Waals surface area contributed by atoms with Gasteiger partial charge in [0.05, 0.1) is 0 Å². The quantitative estimate of drug-likeness (QED) is 0.795. The van der Waals surface area contributed by atoms with Crippen molar-refractivity contribution in [1.29, 1.82) is 0 Å². The lowest BCUT2D eigenvalue weighted by Crippen LogP contribution is -2.45. The number of phenols is 1. The molecule has 1 aliphatic heterocycles. The summed E-state index contributed by atoms with van der Waals surface area (Å²) in [5.41, 5.74) is 0.452. The highest BCUT2D eigenvalue weighted by atomic mass is 35.5. The number of hydrogen-bond acceptors (Lipinski definition) is 3. The molecule has 0 amide bonds. The minimum Gasteiger partial charge on any atom is -0.505 e. The first-order valence-corrected chi connectivity index (χ1v) is 6.87. The van der Waals surface area contributed by atoms with Crippen LogP contribution in [0.2, 0.25) is 0 Å². The number of aromatic hydroxyl groups is 1. The number of nitrogens with zero attached hydrogens (tertiary/aromatic N) is 1. The number of benzene rings is 1. The SMILES string of the molecule is C=CCC[C@@H](c1ccc(F)c(F)c1O)N1CCNCC1.Cl.Cl. The Balaban J connectivity index is 0.00000220. The number of halogens is 4. The minimum absolute atomic E-state index is 0. The summed E-state index contributed by atoms with van der Waals surface area (Å²) in [5.74, 6) is -2.76. The molecule has 0 saturated carbocycles. The van der Waals surface area contributed by atoms with Crippen molar-refractivity contribution >= 4 is 24.8 Å². The smallest absolute Gasteiger partial charge is 0.200 e. The Kier molecular flexibility index (Phi) is 9.60. The predicted octanol–water partition coefficient (Wildman–Crippen LogP) is 3.43. The zero-order chi connectivity index (χ0) is 14.5. The highest BCUT2D eigenvalue weighted by Crippen LogP contribution is 2.35. The third-order valence-corrected chi connectivity index (χ3v) is 3.70. The Labute approximate surface area is 142 Å². The van der Waals surface area contributed by atoms with Crippen LogP contribution in [-0.2, 0) is 0 Å². The molecule has 1 aromatic rings. The molecule has 0 spiro atoms. The van der Waals surface area contributed by atoms with Gasteiger partial charge in [0.25, 0.3) is 0 Å². The van der Waals surface area contributed by atoms with E-state index in [0.29, 0.717) is 5.56 Å². The molecule has 7 heteroatoms. The third-order valence-electron chi connectivity index (χ3n) is 3.70. The summed E-state index contributed by atoms with van der Waals surface area (Å²) >= 11 is 0. The van der Waals surface area contributed by atoms with Crippen molar-refractivity contribution in [2.24, 2.45) is 0 Å². The first kappa shape index (κ1) is 21.1. The zero-order valence-corrected chi connectivity index (χ0v) is 13.9. The number of nitrogens with one attached hydrogen (secondary N) is 1. The molecule has 1 aromatic carbocycles. The summed E-state index contributed by atoms with van der Waals surface area (Å²) in [7, 11) is 0. The lowest BCUT2D eigenvalue weighted by atomic mass is 9.98. The number of piperazine rings is 1. The van der Waals surface area contributed by atoms with Crippen LogP contribution in [0.3, 0.4) is 0 Å². The first-order valence-electron chi connectivity index (χ1n) is 6.87. The van der Waals surface area contributed by atoms with E-state index in [2.05, 4.69) is 16.8 Å². The van der Waals surface area contributed by atoms with Crippen LogP contribution in [0.4, 0.5) is 8.78 Å². The van der Waals surface area contributed by atoms with Crippen molar-refractivity contribution < 1.29 is 13.9 Å². The van der Waals surface area contributed by atoms with E-state index >= 15 is 0 Å². The maximum Gasteiger partial charge on any atom is 0.200 e. The summed E-state index contributed by atoms with van der Waals surface area (Å²) in [6, 6.07) is 2.43. The second-order valence-corrected chi connectivity index (χ2v) is 4.97. The van der Waals surface area contributed by atoms with E-state index in [1.54, 1.807) is 6.08 Å². The first-order chi connectivity index (χ1) is 9.65. The van der Waals surface area contributed by atoms with E-state index in [-0.39, 0.29) is 30.9 Å². The van der Waals surface area contributed by atoms with E-state index in [4.69, 9.17) is 0 Å². The summed E-state index contributed by atoms with van der Waals surface area (Å²) in [4.78, 5) is 2.19. The number of hydrogen-bond donors (Lipinski definition) is 2. The van der Waals surface area contributed by atoms with Gasteiger partial charge < -0.3 is 10.4 Å². The highest BCUT2D eigenvalue weighted by Gasteiger charge is 2.26. The lowest BCUT2D eigenvalue weighted by Gasteiger charge is -2.35. The van der Waals surface area contributed by atoms with Crippen LogP contribution in [0.15, 0.2) is 24.8 Å². The number of phenolic OH excluding ortho intramolecular Hbond substituents is 1. The van der Waals surface area contributed by atoms with Gasteiger partial charge in [-0.2, -0.15) is 4.39 Å². The van der Waals surface area contributed by atoms with E-state index < -0.39 is 17.4 Å². The zero-order valence-electron chi connectivity index (χ0n) is 12.2. The van der Waals surface area contributed by atoms with Gasteiger partial charge in [-0.1, -0.05) is 12.1 Å². The van der Waals surface area contributed by atoms with Gasteiger partial charge >= 0.3 is 0 Å². The van der Waals surface area contributed by atoms with Gasteiger partial charge in [0, 0.05) is 37.8 Å². The molecule has 0 aromatic heterocycles. The minimum atomic E-state index is -1.17. The summed E-state index contributed by atoms with van der Waals surface area (Å²) in [6.45, 7) is 7.05. The van der Waals surface area contributed by atoms with Crippen LogP contribution in [0.5, 0.6) is 5.75 Å². The van der Waals surface area contributed by atoms with Crippen molar-refractivity contribution in [2.45, 2.75) is 18.9 Å². The average molecular weight is 355 g/mol. The fraction of sp³-hybridized carbons (Fsp3) is 0.467. The molecular formula is C15H22Cl2F2N2O. The van der Waals surface area contributed by atoms with Crippen LogP contribution < -0.4 is 5.32 Å². The molecule has 0 aliphatic carbocycles. The molecule has 1 saturated heterocycles. The second kappa shape index (κ2) is 10.0. The Morgan fingerprint density at radius 2 is 1.91 bits per heavy atom. The molecule has 1 fully saturated rings. The van der Waals surface area contributed by atoms with Crippen LogP contribution >= 0.6 is 24.8 Å². The molecule has 0 bridgehead atoms. The molecule has 0 unspecified atom stereocenters. The largest absolute Gasteiger partial charge is 0.505 e. The summed E-state index contributed by atoms with van der Waals surface area (Å²) in [5, 5.41) is 13.1. The van der Waals surface area contributed by atoms with E-state index in [1.165, 1.54) is 6.07 Å². The van der Waals surface area contributed by atoms with Gasteiger partial charge in [-0.3, -0.25) is 4.90 Å². The molecule has 126 valence electrons. The second-order valence-electron chi connectivity index (χ2n) is 4.97. The molecule has 1 aliphatic rings. The molecule has 1 heterocycles. The van der Waals surface area contributed by atoms with Gasteiger partial charge in [-0.25, -0.2) is 4.39 Å². The number of rotatable bonds is 5. The van der Waals surface area contributed by atoms with Crippen molar-refractivity contribution in [2.75, 3.05) is 26.2 Å². The van der Waals surface area contributed by atoms with Gasteiger partial charge in [0.15, 0.2) is 11.6 Å². The average Bonchev–Trinajstić information content (AvgIpc) is 2.48. The molecule has 3 nitrogen and oxygen atoms in total. The molecule has 2 rings (SSSR count).